The van der Waals surface area contributed by atoms with Crippen molar-refractivity contribution >= 4 is 72.4 Å². The number of H-pyrrole nitrogens is 1. The van der Waals surface area contributed by atoms with E-state index >= 15 is 0 Å². The molecule has 0 saturated carbocycles. The van der Waals surface area contributed by atoms with Crippen molar-refractivity contribution in [2.75, 3.05) is 17.2 Å². The number of aromatic amines is 1. The first-order valence-corrected chi connectivity index (χ1v) is 37.0. The lowest BCUT2D eigenvalue weighted by Crippen LogP contribution is -2.45. The van der Waals surface area contributed by atoms with Gasteiger partial charge in [0.25, 0.3) is 11.8 Å². The number of benzene rings is 6. The average Bonchev–Trinajstić information content (AvgIpc) is 1.08. The molecule has 0 fully saturated rings. The average molecular weight is 1390 g/mol. The molecule has 516 valence electrons. The SMILES string of the molecule is Cc1n[nH]c(C)c1-c1ccc(NC(=O)[C@H](Cc2cc(-c3cccc(CN)c3)ccc2Cl)NC(=O)c2ccnn2C)cc1.Cc1nn(COCC[Si](C)(C)C)c(C)c1-c1ccc(NC(=O)[C@H](Cc2cc(-c3cccc(CNC(=O)OC(C)(C)C)c3)ccc2Cl)NC(=O)c2ccnn2C)cc1. The molecule has 0 aliphatic rings. The molecule has 10 aromatic rings. The second-order valence-corrected chi connectivity index (χ2v) is 33.0. The Morgan fingerprint density at radius 1 is 0.606 bits per heavy atom. The van der Waals surface area contributed by atoms with E-state index in [4.69, 9.17) is 43.5 Å². The number of nitrogens with one attached hydrogen (secondary N) is 6. The summed E-state index contributed by atoms with van der Waals surface area (Å²) < 4.78 is 16.1. The Labute approximate surface area is 588 Å². The van der Waals surface area contributed by atoms with Gasteiger partial charge >= 0.3 is 6.09 Å². The molecular weight excluding hydrogens is 1310 g/mol. The normalized spacial score (nSPS) is 12.0. The van der Waals surface area contributed by atoms with Gasteiger partial charge in [0.15, 0.2) is 0 Å². The second-order valence-electron chi connectivity index (χ2n) is 26.5. The van der Waals surface area contributed by atoms with Crippen LogP contribution in [0.25, 0.3) is 44.5 Å². The predicted molar refractivity (Wildman–Crippen MR) is 393 cm³/mol. The second kappa shape index (κ2) is 32.6. The number of hydrogen-bond acceptors (Lipinski definition) is 12. The Balaban J connectivity index is 0.000000242. The molecule has 0 spiro atoms. The molecule has 4 aromatic heterocycles. The van der Waals surface area contributed by atoms with Crippen molar-refractivity contribution in [2.24, 2.45) is 19.8 Å². The number of carbonyl (C=O) groups is 5. The lowest BCUT2D eigenvalue weighted by molar-refractivity contribution is -0.118. The third kappa shape index (κ3) is 19.9. The maximum Gasteiger partial charge on any atom is 0.407 e. The van der Waals surface area contributed by atoms with Crippen LogP contribution in [-0.2, 0) is 65.8 Å². The molecule has 0 saturated heterocycles. The van der Waals surface area contributed by atoms with Gasteiger partial charge in [0.05, 0.1) is 11.4 Å². The Morgan fingerprint density at radius 2 is 1.08 bits per heavy atom. The summed E-state index contributed by atoms with van der Waals surface area (Å²) in [6, 6.07) is 44.4. The summed E-state index contributed by atoms with van der Waals surface area (Å²) >= 11 is 13.4. The maximum atomic E-state index is 14.0. The van der Waals surface area contributed by atoms with Crippen LogP contribution < -0.4 is 32.3 Å². The molecule has 99 heavy (non-hydrogen) atoms. The van der Waals surface area contributed by atoms with E-state index in [0.29, 0.717) is 58.3 Å². The standard InChI is InChI=1S/C43H54ClN7O5Si.C32H32ClN7O2/c1-28-39(29(2)51(49-28)27-55-21-22-57(7,8)9)31-13-16-35(17-14-31)47-40(52)37(48-41(53)38-19-20-46-50(38)6)25-34-24-33(15-18-36(34)44)32-12-10-11-30(23-32)26-45-42(54)56-43(3,4)5;1-19-30(20(2)39-38-19)22-7-10-26(11-8-22)36-31(41)28(37-32(42)29-13-14-35-40(29)3)17-25-16-24(9-12-27(25)33)23-6-4-5-21(15-23)18-34/h10-20,23-24,37H,21-22,25-27H2,1-9H3,(H,45,54)(H,47,52)(H,48,53);4-16,28H,17-18,34H2,1-3H3,(H,36,41)(H,37,42)(H,38,39)/t37-;28-/m00/s1. The van der Waals surface area contributed by atoms with Gasteiger partial charge in [0.2, 0.25) is 11.8 Å². The van der Waals surface area contributed by atoms with Gasteiger partial charge in [-0.3, -0.25) is 33.6 Å². The predicted octanol–water partition coefficient (Wildman–Crippen LogP) is 13.7. The third-order valence-electron chi connectivity index (χ3n) is 16.5. The fraction of sp³-hybridized carbons (Fsp3) is 0.293. The van der Waals surface area contributed by atoms with E-state index in [-0.39, 0.29) is 25.3 Å². The molecule has 6 aromatic carbocycles. The first-order valence-electron chi connectivity index (χ1n) is 32.6. The number of nitrogens with two attached hydrogens (primary N) is 1. The van der Waals surface area contributed by atoms with Crippen molar-refractivity contribution in [2.45, 2.75) is 124 Å². The number of hydrogen-bond donors (Lipinski definition) is 7. The number of aromatic nitrogens is 8. The zero-order valence-corrected chi connectivity index (χ0v) is 60.4. The fourth-order valence-electron chi connectivity index (χ4n) is 11.2. The highest BCUT2D eigenvalue weighted by molar-refractivity contribution is 6.76. The molecule has 0 radical (unpaired) electrons. The highest BCUT2D eigenvalue weighted by Crippen LogP contribution is 2.32. The quantitative estimate of drug-likeness (QED) is 0.0220. The van der Waals surface area contributed by atoms with Crippen molar-refractivity contribution in [1.82, 2.24) is 55.5 Å². The maximum absolute atomic E-state index is 14.0. The molecule has 10 rings (SSSR count). The van der Waals surface area contributed by atoms with Crippen LogP contribution in [-0.4, -0.2) is 102 Å². The zero-order chi connectivity index (χ0) is 71.3. The number of ether oxygens (including phenoxy) is 2. The van der Waals surface area contributed by atoms with E-state index in [2.05, 4.69) is 66.6 Å². The summed E-state index contributed by atoms with van der Waals surface area (Å²) in [5.74, 6) is -1.65. The molecule has 0 aliphatic heterocycles. The van der Waals surface area contributed by atoms with E-state index in [1.54, 1.807) is 38.4 Å². The van der Waals surface area contributed by atoms with Crippen LogP contribution in [0, 0.1) is 27.7 Å². The van der Waals surface area contributed by atoms with Crippen LogP contribution in [0.3, 0.4) is 0 Å². The smallest absolute Gasteiger partial charge is 0.407 e. The molecule has 24 heteroatoms. The zero-order valence-electron chi connectivity index (χ0n) is 57.9. The highest BCUT2D eigenvalue weighted by atomic mass is 35.5. The van der Waals surface area contributed by atoms with E-state index in [9.17, 15) is 24.0 Å². The van der Waals surface area contributed by atoms with Crippen molar-refractivity contribution < 1.29 is 33.4 Å². The minimum atomic E-state index is -1.19. The fourth-order valence-corrected chi connectivity index (χ4v) is 12.4. The number of anilines is 2. The van der Waals surface area contributed by atoms with E-state index < -0.39 is 49.6 Å². The first kappa shape index (κ1) is 73.3. The van der Waals surface area contributed by atoms with E-state index in [1.807, 2.05) is 174 Å². The van der Waals surface area contributed by atoms with Crippen LogP contribution in [0.1, 0.15) is 86.8 Å². The number of amides is 5. The lowest BCUT2D eigenvalue weighted by Gasteiger charge is -2.20. The van der Waals surface area contributed by atoms with Crippen molar-refractivity contribution in [3.05, 3.63) is 224 Å². The van der Waals surface area contributed by atoms with Gasteiger partial charge in [0.1, 0.15) is 35.8 Å². The number of alkyl carbamates (subject to hydrolysis) is 1. The minimum absolute atomic E-state index is 0.109. The number of carbonyl (C=O) groups excluding carboxylic acids is 5. The largest absolute Gasteiger partial charge is 0.444 e. The molecular formula is C75H86Cl2N14O7Si. The molecule has 8 N–H and O–H groups in total. The third-order valence-corrected chi connectivity index (χ3v) is 18.9. The van der Waals surface area contributed by atoms with Crippen molar-refractivity contribution in [1.29, 1.82) is 0 Å². The van der Waals surface area contributed by atoms with Gasteiger partial charge < -0.3 is 41.8 Å². The van der Waals surface area contributed by atoms with Crippen LogP contribution in [0.2, 0.25) is 35.7 Å². The number of rotatable bonds is 24. The topological polar surface area (TPSA) is 272 Å². The Morgan fingerprint density at radius 3 is 1.54 bits per heavy atom. The number of aryl methyl sites for hydroxylation is 5. The number of nitrogens with zero attached hydrogens (tertiary/aromatic N) is 7. The molecule has 0 unspecified atom stereocenters. The lowest BCUT2D eigenvalue weighted by atomic mass is 9.97. The minimum Gasteiger partial charge on any atom is -0.444 e. The van der Waals surface area contributed by atoms with Gasteiger partial charge in [-0.2, -0.15) is 20.4 Å². The molecule has 5 amide bonds. The first-order chi connectivity index (χ1) is 47.1. The van der Waals surface area contributed by atoms with Gasteiger partial charge in [-0.25, -0.2) is 9.48 Å². The highest BCUT2D eigenvalue weighted by Gasteiger charge is 2.28. The van der Waals surface area contributed by atoms with Crippen molar-refractivity contribution in [3.63, 3.8) is 0 Å². The molecule has 21 nitrogen and oxygen atoms in total. The van der Waals surface area contributed by atoms with Crippen molar-refractivity contribution in [3.8, 4) is 44.5 Å². The van der Waals surface area contributed by atoms with Crippen LogP contribution >= 0.6 is 23.2 Å². The Kier molecular flexibility index (Phi) is 24.1. The summed E-state index contributed by atoms with van der Waals surface area (Å²) in [5.41, 5.74) is 21.7. The summed E-state index contributed by atoms with van der Waals surface area (Å²) in [6.45, 7) is 22.2. The summed E-state index contributed by atoms with van der Waals surface area (Å²) in [7, 11) is 2.14. The molecule has 2 atom stereocenters. The number of halogens is 2. The summed E-state index contributed by atoms with van der Waals surface area (Å²) in [5, 5.41) is 35.7. The molecule has 4 heterocycles. The van der Waals surface area contributed by atoms with Gasteiger partial charge in [-0.1, -0.05) is 116 Å². The van der Waals surface area contributed by atoms with E-state index in [0.717, 1.165) is 90.0 Å². The van der Waals surface area contributed by atoms with Crippen LogP contribution in [0.15, 0.2) is 158 Å². The van der Waals surface area contributed by atoms with Crippen LogP contribution in [0.4, 0.5) is 16.2 Å². The Hall–Kier alpha value is -9.97. The molecule has 0 aliphatic carbocycles. The monoisotopic (exact) mass is 1390 g/mol. The van der Waals surface area contributed by atoms with Gasteiger partial charge in [-0.15, -0.1) is 0 Å². The molecule has 0 bridgehead atoms. The summed E-state index contributed by atoms with van der Waals surface area (Å²) in [4.78, 5) is 66.5. The Bertz CT molecular complexity index is 4490. The van der Waals surface area contributed by atoms with Crippen LogP contribution in [0.5, 0.6) is 0 Å². The van der Waals surface area contributed by atoms with Gasteiger partial charge in [0, 0.05) is 111 Å². The van der Waals surface area contributed by atoms with E-state index in [1.165, 1.54) is 21.8 Å². The van der Waals surface area contributed by atoms with Gasteiger partial charge in [-0.05, 0) is 183 Å². The summed E-state index contributed by atoms with van der Waals surface area (Å²) in [6.07, 6.45) is 2.84.